The number of hydrogen-bond acceptors (Lipinski definition) is 3. The van der Waals surface area contributed by atoms with E-state index in [9.17, 15) is 5.11 Å². The van der Waals surface area contributed by atoms with Gasteiger partial charge in [0.1, 0.15) is 0 Å². The molecule has 2 aromatic rings. The van der Waals surface area contributed by atoms with Gasteiger partial charge in [0, 0.05) is 28.7 Å². The van der Waals surface area contributed by atoms with Crippen LogP contribution in [0.25, 0.3) is 11.3 Å². The Hall–Kier alpha value is -1.36. The molecule has 20 heavy (non-hydrogen) atoms. The Balaban J connectivity index is 1.88. The Bertz CT molecular complexity index is 655. The lowest BCUT2D eigenvalue weighted by molar-refractivity contribution is -0.0481. The van der Waals surface area contributed by atoms with Gasteiger partial charge in [-0.3, -0.25) is 0 Å². The molecule has 0 saturated carbocycles. The molecule has 1 fully saturated rings. The molecule has 0 radical (unpaired) electrons. The van der Waals surface area contributed by atoms with E-state index in [1.54, 1.807) is 0 Å². The molecule has 3 atom stereocenters. The number of benzene rings is 1. The molecule has 5 heteroatoms. The van der Waals surface area contributed by atoms with Crippen molar-refractivity contribution in [3.63, 3.8) is 0 Å². The van der Waals surface area contributed by atoms with Crippen molar-refractivity contribution < 1.29 is 9.84 Å². The van der Waals surface area contributed by atoms with Gasteiger partial charge >= 0.3 is 0 Å². The minimum atomic E-state index is -0.369. The average Bonchev–Trinajstić information content (AvgIpc) is 3.01. The molecule has 1 aromatic carbocycles. The molecule has 104 valence electrons. The molecule has 0 unspecified atom stereocenters. The van der Waals surface area contributed by atoms with Crippen LogP contribution in [0.5, 0.6) is 0 Å². The predicted molar refractivity (Wildman–Crippen MR) is 75.7 cm³/mol. The van der Waals surface area contributed by atoms with Gasteiger partial charge < -0.3 is 14.4 Å². The van der Waals surface area contributed by atoms with Crippen LogP contribution in [-0.2, 0) is 4.74 Å². The van der Waals surface area contributed by atoms with Crippen molar-refractivity contribution in [1.82, 2.24) is 9.55 Å². The van der Waals surface area contributed by atoms with E-state index in [0.29, 0.717) is 19.6 Å². The number of aliphatic hydroxyl groups excluding tert-OH is 1. The minimum Gasteiger partial charge on any atom is -0.393 e. The summed E-state index contributed by atoms with van der Waals surface area (Å²) >= 11 is 6.42. The molecule has 0 aliphatic carbocycles. The number of nitrogens with zero attached hydrogens (tertiary/aromatic N) is 2. The topological polar surface area (TPSA) is 47.3 Å². The summed E-state index contributed by atoms with van der Waals surface area (Å²) < 4.78 is 7.68. The van der Waals surface area contributed by atoms with Crippen molar-refractivity contribution in [2.24, 2.45) is 5.92 Å². The molecule has 0 spiro atoms. The Morgan fingerprint density at radius 3 is 3.15 bits per heavy atom. The Labute approximate surface area is 122 Å². The summed E-state index contributed by atoms with van der Waals surface area (Å²) in [5, 5.41) is 11.1. The van der Waals surface area contributed by atoms with Crippen LogP contribution >= 0.6 is 11.6 Å². The molecular weight excluding hydrogens is 276 g/mol. The van der Waals surface area contributed by atoms with Gasteiger partial charge in [-0.1, -0.05) is 23.7 Å². The van der Waals surface area contributed by atoms with Gasteiger partial charge in [0.2, 0.25) is 0 Å². The summed E-state index contributed by atoms with van der Waals surface area (Å²) in [6.07, 6.45) is 3.97. The van der Waals surface area contributed by atoms with Gasteiger partial charge in [0.05, 0.1) is 37.0 Å². The SMILES string of the molecule is O[C@H]1CCOC[C@@H]1[C@H]1c2c(Cl)cccc2-c2cncn21. The van der Waals surface area contributed by atoms with Crippen molar-refractivity contribution in [3.8, 4) is 11.3 Å². The number of aromatic nitrogens is 2. The molecule has 0 amide bonds. The van der Waals surface area contributed by atoms with Gasteiger partial charge in [-0.05, 0) is 12.5 Å². The van der Waals surface area contributed by atoms with Gasteiger partial charge in [0.15, 0.2) is 0 Å². The number of halogens is 1. The van der Waals surface area contributed by atoms with Crippen molar-refractivity contribution in [3.05, 3.63) is 41.3 Å². The lowest BCUT2D eigenvalue weighted by atomic mass is 9.86. The van der Waals surface area contributed by atoms with E-state index in [0.717, 1.165) is 21.8 Å². The van der Waals surface area contributed by atoms with Crippen molar-refractivity contribution >= 4 is 11.6 Å². The zero-order chi connectivity index (χ0) is 13.7. The molecule has 1 N–H and O–H groups in total. The fourth-order valence-electron chi connectivity index (χ4n) is 3.41. The fraction of sp³-hybridized carbons (Fsp3) is 0.400. The zero-order valence-electron chi connectivity index (χ0n) is 10.9. The first kappa shape index (κ1) is 12.4. The van der Waals surface area contributed by atoms with Crippen LogP contribution in [0.2, 0.25) is 5.02 Å². The maximum absolute atomic E-state index is 10.4. The first-order chi connectivity index (χ1) is 9.77. The molecule has 4 rings (SSSR count). The maximum Gasteiger partial charge on any atom is 0.0956 e. The van der Waals surface area contributed by atoms with E-state index < -0.39 is 0 Å². The van der Waals surface area contributed by atoms with Crippen molar-refractivity contribution in [1.29, 1.82) is 0 Å². The number of rotatable bonds is 1. The molecule has 4 nitrogen and oxygen atoms in total. The quantitative estimate of drug-likeness (QED) is 0.878. The normalized spacial score (nSPS) is 28.2. The van der Waals surface area contributed by atoms with Crippen molar-refractivity contribution in [2.75, 3.05) is 13.2 Å². The van der Waals surface area contributed by atoms with Crippen molar-refractivity contribution in [2.45, 2.75) is 18.6 Å². The smallest absolute Gasteiger partial charge is 0.0956 e. The van der Waals surface area contributed by atoms with E-state index in [1.807, 2.05) is 24.7 Å². The third-order valence-electron chi connectivity index (χ3n) is 4.36. The highest BCUT2D eigenvalue weighted by atomic mass is 35.5. The third kappa shape index (κ3) is 1.65. The van der Waals surface area contributed by atoms with Gasteiger partial charge in [-0.25, -0.2) is 4.98 Å². The van der Waals surface area contributed by atoms with Crippen LogP contribution in [0.3, 0.4) is 0 Å². The molecule has 1 aromatic heterocycles. The molecule has 3 heterocycles. The largest absolute Gasteiger partial charge is 0.393 e. The summed E-state index contributed by atoms with van der Waals surface area (Å²) in [7, 11) is 0. The predicted octanol–water partition coefficient (Wildman–Crippen LogP) is 2.50. The van der Waals surface area contributed by atoms with Gasteiger partial charge in [0.25, 0.3) is 0 Å². The van der Waals surface area contributed by atoms with E-state index in [1.165, 1.54) is 0 Å². The van der Waals surface area contributed by atoms with Crippen LogP contribution in [0, 0.1) is 5.92 Å². The van der Waals surface area contributed by atoms with E-state index in [-0.39, 0.29) is 18.1 Å². The zero-order valence-corrected chi connectivity index (χ0v) is 11.6. The summed E-state index contributed by atoms with van der Waals surface area (Å²) in [5.41, 5.74) is 3.25. The monoisotopic (exact) mass is 290 g/mol. The van der Waals surface area contributed by atoms with E-state index >= 15 is 0 Å². The fourth-order valence-corrected chi connectivity index (χ4v) is 3.69. The Kier molecular flexibility index (Phi) is 2.84. The minimum absolute atomic E-state index is 0.00602. The summed E-state index contributed by atoms with van der Waals surface area (Å²) in [6.45, 7) is 1.17. The summed E-state index contributed by atoms with van der Waals surface area (Å²) in [5.74, 6) is 0.0119. The molecular formula is C15H15ClN2O2. The standard InChI is InChI=1S/C15H15ClN2O2/c16-11-3-1-2-9-12-6-17-8-18(12)15(14(9)11)10-7-20-5-4-13(10)19/h1-3,6,8,10,13,15,19H,4-5,7H2/t10-,13-,15-/m0/s1. The second-order valence-corrected chi connectivity index (χ2v) is 5.83. The number of aliphatic hydroxyl groups is 1. The van der Waals surface area contributed by atoms with Crippen LogP contribution < -0.4 is 0 Å². The first-order valence-corrected chi connectivity index (χ1v) is 7.21. The molecule has 2 aliphatic rings. The average molecular weight is 291 g/mol. The van der Waals surface area contributed by atoms with Crippen LogP contribution in [0.4, 0.5) is 0 Å². The number of fused-ring (bicyclic) bond motifs is 3. The number of hydrogen-bond donors (Lipinski definition) is 1. The second-order valence-electron chi connectivity index (χ2n) is 5.43. The highest BCUT2D eigenvalue weighted by molar-refractivity contribution is 6.32. The van der Waals surface area contributed by atoms with Crippen LogP contribution in [0.1, 0.15) is 18.0 Å². The van der Waals surface area contributed by atoms with E-state index in [2.05, 4.69) is 15.6 Å². The summed E-state index contributed by atoms with van der Waals surface area (Å²) in [4.78, 5) is 4.24. The van der Waals surface area contributed by atoms with E-state index in [4.69, 9.17) is 16.3 Å². The second kappa shape index (κ2) is 4.58. The lowest BCUT2D eigenvalue weighted by Crippen LogP contribution is -2.37. The highest BCUT2D eigenvalue weighted by Crippen LogP contribution is 2.47. The Morgan fingerprint density at radius 2 is 2.30 bits per heavy atom. The lowest BCUT2D eigenvalue weighted by Gasteiger charge is -2.33. The third-order valence-corrected chi connectivity index (χ3v) is 4.69. The highest BCUT2D eigenvalue weighted by Gasteiger charge is 2.40. The van der Waals surface area contributed by atoms with Crippen LogP contribution in [0.15, 0.2) is 30.7 Å². The number of imidazole rings is 1. The molecule has 2 aliphatic heterocycles. The maximum atomic E-state index is 10.4. The summed E-state index contributed by atoms with van der Waals surface area (Å²) in [6, 6.07) is 5.93. The van der Waals surface area contributed by atoms with Gasteiger partial charge in [-0.2, -0.15) is 0 Å². The Morgan fingerprint density at radius 1 is 1.40 bits per heavy atom. The number of ether oxygens (including phenoxy) is 1. The molecule has 1 saturated heterocycles. The molecule has 0 bridgehead atoms. The van der Waals surface area contributed by atoms with Crippen LogP contribution in [-0.4, -0.2) is 34.0 Å². The van der Waals surface area contributed by atoms with Gasteiger partial charge in [-0.15, -0.1) is 0 Å². The first-order valence-electron chi connectivity index (χ1n) is 6.84.